The van der Waals surface area contributed by atoms with Gasteiger partial charge in [-0.3, -0.25) is 0 Å². The normalized spacial score (nSPS) is 16.3. The Kier molecular flexibility index (Phi) is 2.63. The third-order valence-corrected chi connectivity index (χ3v) is 3.64. The van der Waals surface area contributed by atoms with E-state index in [1.807, 2.05) is 6.92 Å². The monoisotopic (exact) mass is 255 g/mol. The predicted octanol–water partition coefficient (Wildman–Crippen LogP) is 2.33. The molecule has 2 heterocycles. The van der Waals surface area contributed by atoms with Crippen molar-refractivity contribution < 1.29 is 0 Å². The second-order valence-corrected chi connectivity index (χ2v) is 4.46. The molecule has 2 rings (SSSR count). The molecule has 0 aromatic carbocycles. The number of nitrogen functional groups attached to an aromatic ring is 1. The number of nitrogens with zero attached hydrogens (tertiary/aromatic N) is 2. The maximum absolute atomic E-state index is 5.78. The van der Waals surface area contributed by atoms with Crippen LogP contribution in [-0.2, 0) is 0 Å². The molecule has 1 aromatic heterocycles. The molecule has 1 aromatic rings. The minimum absolute atomic E-state index is 0.750. The lowest BCUT2D eigenvalue weighted by molar-refractivity contribution is 0.930. The van der Waals surface area contributed by atoms with E-state index in [0.717, 1.165) is 34.6 Å². The second kappa shape index (κ2) is 3.77. The van der Waals surface area contributed by atoms with Crippen LogP contribution < -0.4 is 10.6 Å². The summed E-state index contributed by atoms with van der Waals surface area (Å²) in [5.74, 6) is 1.04. The van der Waals surface area contributed by atoms with Gasteiger partial charge < -0.3 is 10.6 Å². The third-order valence-electron chi connectivity index (χ3n) is 2.69. The lowest BCUT2D eigenvalue weighted by Gasteiger charge is -2.19. The van der Waals surface area contributed by atoms with Crippen molar-refractivity contribution in [1.82, 2.24) is 4.98 Å². The van der Waals surface area contributed by atoms with E-state index < -0.39 is 0 Å². The van der Waals surface area contributed by atoms with Crippen molar-refractivity contribution in [2.75, 3.05) is 23.7 Å². The fourth-order valence-electron chi connectivity index (χ4n) is 1.73. The summed E-state index contributed by atoms with van der Waals surface area (Å²) in [6.07, 6.45) is 4.27. The van der Waals surface area contributed by atoms with Gasteiger partial charge in [-0.1, -0.05) is 0 Å². The molecule has 0 radical (unpaired) electrons. The van der Waals surface area contributed by atoms with Crippen molar-refractivity contribution in [3.05, 3.63) is 16.2 Å². The first kappa shape index (κ1) is 9.77. The van der Waals surface area contributed by atoms with Crippen LogP contribution in [-0.4, -0.2) is 18.1 Å². The summed E-state index contributed by atoms with van der Waals surface area (Å²) in [6, 6.07) is 0. The summed E-state index contributed by atoms with van der Waals surface area (Å²) in [4.78, 5) is 6.68. The van der Waals surface area contributed by atoms with Crippen molar-refractivity contribution in [3.63, 3.8) is 0 Å². The van der Waals surface area contributed by atoms with Gasteiger partial charge in [-0.2, -0.15) is 0 Å². The number of halogens is 1. The number of hydrogen-bond acceptors (Lipinski definition) is 3. The summed E-state index contributed by atoms with van der Waals surface area (Å²) in [7, 11) is 0. The Bertz CT molecular complexity index is 345. The molecule has 4 heteroatoms. The van der Waals surface area contributed by atoms with E-state index in [9.17, 15) is 0 Å². The Labute approximate surface area is 92.4 Å². The minimum atomic E-state index is 0.750. The zero-order valence-electron chi connectivity index (χ0n) is 8.26. The fourth-order valence-corrected chi connectivity index (χ4v) is 2.31. The molecule has 76 valence electrons. The largest absolute Gasteiger partial charge is 0.397 e. The average Bonchev–Trinajstić information content (AvgIpc) is 2.67. The number of aromatic nitrogens is 1. The molecule has 1 fully saturated rings. The Hall–Kier alpha value is -0.770. The lowest BCUT2D eigenvalue weighted by atomic mass is 10.2. The van der Waals surface area contributed by atoms with E-state index in [4.69, 9.17) is 5.73 Å². The average molecular weight is 256 g/mol. The van der Waals surface area contributed by atoms with Crippen LogP contribution in [0.5, 0.6) is 0 Å². The zero-order chi connectivity index (χ0) is 10.1. The van der Waals surface area contributed by atoms with Crippen molar-refractivity contribution >= 4 is 27.4 Å². The number of pyridine rings is 1. The summed E-state index contributed by atoms with van der Waals surface area (Å²) < 4.78 is 1.04. The van der Waals surface area contributed by atoms with Gasteiger partial charge in [0.2, 0.25) is 0 Å². The summed E-state index contributed by atoms with van der Waals surface area (Å²) in [5.41, 5.74) is 7.61. The van der Waals surface area contributed by atoms with E-state index in [2.05, 4.69) is 25.8 Å². The molecule has 2 N–H and O–H groups in total. The smallest absolute Gasteiger partial charge is 0.143 e. The molecule has 0 bridgehead atoms. The highest BCUT2D eigenvalue weighted by atomic mass is 79.9. The number of hydrogen-bond donors (Lipinski definition) is 1. The van der Waals surface area contributed by atoms with Gasteiger partial charge in [0.15, 0.2) is 0 Å². The molecule has 0 unspecified atom stereocenters. The molecular formula is C10H14BrN3. The van der Waals surface area contributed by atoms with E-state index in [1.54, 1.807) is 6.20 Å². The zero-order valence-corrected chi connectivity index (χ0v) is 9.84. The molecule has 3 nitrogen and oxygen atoms in total. The Morgan fingerprint density at radius 2 is 2.07 bits per heavy atom. The maximum atomic E-state index is 5.78. The van der Waals surface area contributed by atoms with Crippen LogP contribution in [0.15, 0.2) is 10.7 Å². The van der Waals surface area contributed by atoms with Crippen molar-refractivity contribution in [3.8, 4) is 0 Å². The Balaban J connectivity index is 2.38. The van der Waals surface area contributed by atoms with E-state index in [0.29, 0.717) is 0 Å². The van der Waals surface area contributed by atoms with Crippen molar-refractivity contribution in [2.45, 2.75) is 19.8 Å². The summed E-state index contributed by atoms with van der Waals surface area (Å²) >= 11 is 3.56. The lowest BCUT2D eigenvalue weighted by Crippen LogP contribution is -2.20. The van der Waals surface area contributed by atoms with Gasteiger partial charge in [-0.05, 0) is 41.3 Å². The highest BCUT2D eigenvalue weighted by molar-refractivity contribution is 9.10. The minimum Gasteiger partial charge on any atom is -0.397 e. The van der Waals surface area contributed by atoms with Gasteiger partial charge >= 0.3 is 0 Å². The third kappa shape index (κ3) is 1.59. The van der Waals surface area contributed by atoms with Gasteiger partial charge in [0.25, 0.3) is 0 Å². The molecule has 0 amide bonds. The van der Waals surface area contributed by atoms with Crippen LogP contribution in [0.4, 0.5) is 11.5 Å². The van der Waals surface area contributed by atoms with Crippen LogP contribution in [0.2, 0.25) is 0 Å². The molecule has 1 saturated heterocycles. The first-order valence-electron chi connectivity index (χ1n) is 4.85. The predicted molar refractivity (Wildman–Crippen MR) is 62.5 cm³/mol. The Morgan fingerprint density at radius 3 is 2.71 bits per heavy atom. The second-order valence-electron chi connectivity index (χ2n) is 3.67. The van der Waals surface area contributed by atoms with Crippen LogP contribution >= 0.6 is 15.9 Å². The van der Waals surface area contributed by atoms with Crippen LogP contribution in [0.3, 0.4) is 0 Å². The molecular weight excluding hydrogens is 242 g/mol. The standard InChI is InChI=1S/C10H14BrN3/c1-7-8(12)6-13-10(9(7)11)14-4-2-3-5-14/h6H,2-5,12H2,1H3. The van der Waals surface area contributed by atoms with Crippen molar-refractivity contribution in [2.24, 2.45) is 0 Å². The van der Waals surface area contributed by atoms with E-state index >= 15 is 0 Å². The first-order chi connectivity index (χ1) is 6.70. The first-order valence-corrected chi connectivity index (χ1v) is 5.65. The molecule has 0 spiro atoms. The molecule has 0 saturated carbocycles. The van der Waals surface area contributed by atoms with E-state index in [1.165, 1.54) is 12.8 Å². The van der Waals surface area contributed by atoms with Crippen LogP contribution in [0, 0.1) is 6.92 Å². The maximum Gasteiger partial charge on any atom is 0.143 e. The highest BCUT2D eigenvalue weighted by Crippen LogP contribution is 2.31. The summed E-state index contributed by atoms with van der Waals surface area (Å²) in [6.45, 7) is 4.23. The molecule has 1 aliphatic heterocycles. The summed E-state index contributed by atoms with van der Waals surface area (Å²) in [5, 5.41) is 0. The molecule has 14 heavy (non-hydrogen) atoms. The number of rotatable bonds is 1. The topological polar surface area (TPSA) is 42.1 Å². The fraction of sp³-hybridized carbons (Fsp3) is 0.500. The van der Waals surface area contributed by atoms with Gasteiger partial charge in [-0.25, -0.2) is 4.98 Å². The molecule has 1 aliphatic rings. The molecule has 0 aliphatic carbocycles. The number of anilines is 2. The van der Waals surface area contributed by atoms with Gasteiger partial charge in [0, 0.05) is 13.1 Å². The van der Waals surface area contributed by atoms with Crippen LogP contribution in [0.25, 0.3) is 0 Å². The SMILES string of the molecule is Cc1c(N)cnc(N2CCCC2)c1Br. The molecule has 0 atom stereocenters. The quantitative estimate of drug-likeness (QED) is 0.838. The highest BCUT2D eigenvalue weighted by Gasteiger charge is 2.17. The Morgan fingerprint density at radius 1 is 1.43 bits per heavy atom. The van der Waals surface area contributed by atoms with Gasteiger partial charge in [0.1, 0.15) is 5.82 Å². The van der Waals surface area contributed by atoms with Gasteiger partial charge in [0.05, 0.1) is 16.4 Å². The van der Waals surface area contributed by atoms with E-state index in [-0.39, 0.29) is 0 Å². The van der Waals surface area contributed by atoms with Gasteiger partial charge in [-0.15, -0.1) is 0 Å². The van der Waals surface area contributed by atoms with Crippen LogP contribution in [0.1, 0.15) is 18.4 Å². The number of nitrogens with two attached hydrogens (primary N) is 1. The van der Waals surface area contributed by atoms with Crippen molar-refractivity contribution in [1.29, 1.82) is 0 Å².